The molecule has 3 nitrogen and oxygen atoms in total. The van der Waals surface area contributed by atoms with E-state index in [1.165, 1.54) is 6.07 Å². The van der Waals surface area contributed by atoms with Crippen LogP contribution in [0.4, 0.5) is 13.2 Å². The van der Waals surface area contributed by atoms with Crippen molar-refractivity contribution in [2.75, 3.05) is 6.54 Å². The second-order valence-corrected chi connectivity index (χ2v) is 8.12. The Morgan fingerprint density at radius 2 is 1.83 bits per heavy atom. The first-order valence-electron chi connectivity index (χ1n) is 10.1. The maximum absolute atomic E-state index is 13.3. The van der Waals surface area contributed by atoms with Crippen LogP contribution < -0.4 is 5.32 Å². The van der Waals surface area contributed by atoms with Gasteiger partial charge in [0, 0.05) is 43.0 Å². The van der Waals surface area contributed by atoms with Crippen molar-refractivity contribution in [3.8, 4) is 0 Å². The van der Waals surface area contributed by atoms with E-state index in [-0.39, 0.29) is 12.3 Å². The lowest BCUT2D eigenvalue weighted by molar-refractivity contribution is -0.137. The van der Waals surface area contributed by atoms with Gasteiger partial charge in [-0.2, -0.15) is 13.2 Å². The van der Waals surface area contributed by atoms with Gasteiger partial charge in [0.05, 0.1) is 5.56 Å². The standard InChI is InChI=1S/C24H27F3N2O/c1-16(2)11-12-28-23(30)14-20(17-7-6-8-18(13-17)24(25,26)27)21-15-29(3)22-10-5-4-9-19(21)22/h4-10,13,15-16,20H,11-12,14H2,1-3H3,(H,28,30)/t20-/m1/s1. The number of rotatable bonds is 7. The number of fused-ring (bicyclic) bond motifs is 1. The molecule has 1 heterocycles. The zero-order valence-electron chi connectivity index (χ0n) is 17.5. The minimum absolute atomic E-state index is 0.0907. The van der Waals surface area contributed by atoms with E-state index >= 15 is 0 Å². The summed E-state index contributed by atoms with van der Waals surface area (Å²) in [6.45, 7) is 4.71. The molecule has 0 aliphatic rings. The third-order valence-electron chi connectivity index (χ3n) is 5.35. The molecule has 1 amide bonds. The fourth-order valence-electron chi connectivity index (χ4n) is 3.75. The number of carbonyl (C=O) groups is 1. The van der Waals surface area contributed by atoms with Crippen LogP contribution in [-0.4, -0.2) is 17.0 Å². The molecule has 0 spiro atoms. The largest absolute Gasteiger partial charge is 0.416 e. The van der Waals surface area contributed by atoms with E-state index in [4.69, 9.17) is 0 Å². The number of aryl methyl sites for hydroxylation is 1. The van der Waals surface area contributed by atoms with Crippen molar-refractivity contribution in [3.63, 3.8) is 0 Å². The first-order valence-corrected chi connectivity index (χ1v) is 10.1. The lowest BCUT2D eigenvalue weighted by Crippen LogP contribution is -2.27. The normalized spacial score (nSPS) is 13.0. The van der Waals surface area contributed by atoms with Crippen LogP contribution in [0.15, 0.2) is 54.7 Å². The minimum atomic E-state index is -4.43. The molecule has 0 aliphatic heterocycles. The van der Waals surface area contributed by atoms with Gasteiger partial charge < -0.3 is 9.88 Å². The molecule has 3 rings (SSSR count). The van der Waals surface area contributed by atoms with Crippen LogP contribution in [0.3, 0.4) is 0 Å². The minimum Gasteiger partial charge on any atom is -0.356 e. The number of benzene rings is 2. The molecule has 0 bridgehead atoms. The van der Waals surface area contributed by atoms with Crippen molar-refractivity contribution in [1.82, 2.24) is 9.88 Å². The number of nitrogens with zero attached hydrogens (tertiary/aromatic N) is 1. The van der Waals surface area contributed by atoms with Crippen molar-refractivity contribution >= 4 is 16.8 Å². The maximum atomic E-state index is 13.3. The highest BCUT2D eigenvalue weighted by Gasteiger charge is 2.32. The molecule has 0 fully saturated rings. The van der Waals surface area contributed by atoms with Gasteiger partial charge >= 0.3 is 6.18 Å². The van der Waals surface area contributed by atoms with Gasteiger partial charge in [0.1, 0.15) is 0 Å². The Morgan fingerprint density at radius 1 is 1.10 bits per heavy atom. The predicted octanol–water partition coefficient (Wildman–Crippen LogP) is 5.88. The van der Waals surface area contributed by atoms with Crippen LogP contribution in [0.25, 0.3) is 10.9 Å². The number of nitrogens with one attached hydrogen (secondary N) is 1. The van der Waals surface area contributed by atoms with Crippen LogP contribution in [0, 0.1) is 5.92 Å². The molecule has 6 heteroatoms. The summed E-state index contributed by atoms with van der Waals surface area (Å²) in [6.07, 6.45) is -1.57. The fourth-order valence-corrected chi connectivity index (χ4v) is 3.75. The van der Waals surface area contributed by atoms with E-state index in [1.807, 2.05) is 42.1 Å². The van der Waals surface area contributed by atoms with Gasteiger partial charge in [-0.1, -0.05) is 50.2 Å². The third-order valence-corrected chi connectivity index (χ3v) is 5.35. The smallest absolute Gasteiger partial charge is 0.356 e. The average Bonchev–Trinajstić information content (AvgIpc) is 3.02. The van der Waals surface area contributed by atoms with Gasteiger partial charge in [-0.3, -0.25) is 4.79 Å². The Labute approximate surface area is 174 Å². The highest BCUT2D eigenvalue weighted by Crippen LogP contribution is 2.37. The van der Waals surface area contributed by atoms with Crippen LogP contribution in [-0.2, 0) is 18.0 Å². The van der Waals surface area contributed by atoms with Crippen LogP contribution in [0.5, 0.6) is 0 Å². The fraction of sp³-hybridized carbons (Fsp3) is 0.375. The number of alkyl halides is 3. The van der Waals surface area contributed by atoms with Gasteiger partial charge in [-0.25, -0.2) is 0 Å². The highest BCUT2D eigenvalue weighted by molar-refractivity contribution is 5.86. The van der Waals surface area contributed by atoms with E-state index in [1.54, 1.807) is 6.07 Å². The van der Waals surface area contributed by atoms with E-state index in [0.717, 1.165) is 35.0 Å². The molecule has 1 aromatic heterocycles. The van der Waals surface area contributed by atoms with Crippen molar-refractivity contribution in [2.45, 2.75) is 38.8 Å². The van der Waals surface area contributed by atoms with Gasteiger partial charge in [-0.15, -0.1) is 0 Å². The summed E-state index contributed by atoms with van der Waals surface area (Å²) in [7, 11) is 1.90. The number of hydrogen-bond donors (Lipinski definition) is 1. The van der Waals surface area contributed by atoms with Gasteiger partial charge in [-0.05, 0) is 35.6 Å². The lowest BCUT2D eigenvalue weighted by Gasteiger charge is -2.19. The molecular formula is C24H27F3N2O. The first kappa shape index (κ1) is 21.9. The Morgan fingerprint density at radius 3 is 2.53 bits per heavy atom. The van der Waals surface area contributed by atoms with Crippen LogP contribution in [0.1, 0.15) is 49.3 Å². The van der Waals surface area contributed by atoms with Crippen molar-refractivity contribution < 1.29 is 18.0 Å². The second-order valence-electron chi connectivity index (χ2n) is 8.12. The number of aromatic nitrogens is 1. The van der Waals surface area contributed by atoms with Gasteiger partial charge in [0.25, 0.3) is 0 Å². The molecule has 30 heavy (non-hydrogen) atoms. The monoisotopic (exact) mass is 416 g/mol. The van der Waals surface area contributed by atoms with E-state index in [0.29, 0.717) is 18.0 Å². The van der Waals surface area contributed by atoms with E-state index in [2.05, 4.69) is 19.2 Å². The average molecular weight is 416 g/mol. The molecule has 2 aromatic carbocycles. The van der Waals surface area contributed by atoms with Crippen LogP contribution in [0.2, 0.25) is 0 Å². The Balaban J connectivity index is 2.00. The van der Waals surface area contributed by atoms with E-state index in [9.17, 15) is 18.0 Å². The number of amides is 1. The lowest BCUT2D eigenvalue weighted by atomic mass is 9.87. The summed E-state index contributed by atoms with van der Waals surface area (Å²) in [6, 6.07) is 13.0. The second kappa shape index (κ2) is 8.94. The third kappa shape index (κ3) is 5.04. The van der Waals surface area contributed by atoms with E-state index < -0.39 is 17.7 Å². The van der Waals surface area contributed by atoms with Crippen LogP contribution >= 0.6 is 0 Å². The number of halogens is 3. The molecule has 160 valence electrons. The Bertz CT molecular complexity index is 1020. The molecule has 0 saturated carbocycles. The molecule has 1 N–H and O–H groups in total. The van der Waals surface area contributed by atoms with Gasteiger partial charge in [0.15, 0.2) is 0 Å². The Hall–Kier alpha value is -2.76. The molecule has 3 aromatic rings. The zero-order chi connectivity index (χ0) is 21.9. The first-order chi connectivity index (χ1) is 14.2. The quantitative estimate of drug-likeness (QED) is 0.513. The Kier molecular flexibility index (Phi) is 6.54. The predicted molar refractivity (Wildman–Crippen MR) is 113 cm³/mol. The van der Waals surface area contributed by atoms with Gasteiger partial charge in [0.2, 0.25) is 5.91 Å². The number of para-hydroxylation sites is 1. The number of hydrogen-bond acceptors (Lipinski definition) is 1. The van der Waals surface area contributed by atoms with Crippen molar-refractivity contribution in [3.05, 3.63) is 71.4 Å². The highest BCUT2D eigenvalue weighted by atomic mass is 19.4. The summed E-state index contributed by atoms with van der Waals surface area (Å²) < 4.78 is 41.9. The summed E-state index contributed by atoms with van der Waals surface area (Å²) in [5.41, 5.74) is 1.61. The zero-order valence-corrected chi connectivity index (χ0v) is 17.5. The SMILES string of the molecule is CC(C)CCNC(=O)C[C@H](c1cccc(C(F)(F)F)c1)c1cn(C)c2ccccc12. The van der Waals surface area contributed by atoms with Crippen molar-refractivity contribution in [2.24, 2.45) is 13.0 Å². The number of carbonyl (C=O) groups excluding carboxylic acids is 1. The molecule has 0 radical (unpaired) electrons. The maximum Gasteiger partial charge on any atom is 0.416 e. The summed E-state index contributed by atoms with van der Waals surface area (Å²) >= 11 is 0. The summed E-state index contributed by atoms with van der Waals surface area (Å²) in [5.74, 6) is -0.175. The molecule has 0 saturated heterocycles. The topological polar surface area (TPSA) is 34.0 Å². The molecule has 0 unspecified atom stereocenters. The summed E-state index contributed by atoms with van der Waals surface area (Å²) in [5, 5.41) is 3.86. The molecule has 1 atom stereocenters. The molecule has 0 aliphatic carbocycles. The van der Waals surface area contributed by atoms with Crippen molar-refractivity contribution in [1.29, 1.82) is 0 Å². The summed E-state index contributed by atoms with van der Waals surface area (Å²) in [4.78, 5) is 12.7. The molecular weight excluding hydrogens is 389 g/mol.